The molecule has 0 aliphatic heterocycles. The molecule has 0 aliphatic carbocycles. The van der Waals surface area contributed by atoms with Crippen molar-refractivity contribution < 1.29 is 4.79 Å². The molecule has 0 atom stereocenters. The molecule has 5 nitrogen and oxygen atoms in total. The van der Waals surface area contributed by atoms with Crippen molar-refractivity contribution >= 4 is 28.3 Å². The molecule has 0 bridgehead atoms. The summed E-state index contributed by atoms with van der Waals surface area (Å²) >= 11 is 5.52. The van der Waals surface area contributed by atoms with Crippen molar-refractivity contribution in [1.29, 1.82) is 0 Å². The summed E-state index contributed by atoms with van der Waals surface area (Å²) in [6, 6.07) is 7.11. The zero-order chi connectivity index (χ0) is 15.2. The Balaban J connectivity index is 2.42. The number of amides is 1. The highest BCUT2D eigenvalue weighted by molar-refractivity contribution is 6.18. The van der Waals surface area contributed by atoms with Crippen LogP contribution in [0.1, 0.15) is 12.1 Å². The van der Waals surface area contributed by atoms with Crippen LogP contribution in [0.5, 0.6) is 0 Å². The van der Waals surface area contributed by atoms with Crippen molar-refractivity contribution in [3.8, 4) is 12.3 Å². The van der Waals surface area contributed by atoms with Crippen LogP contribution in [0.3, 0.4) is 0 Å². The molecular formula is C15H14ClN3O2. The van der Waals surface area contributed by atoms with Gasteiger partial charge in [-0.3, -0.25) is 9.59 Å². The van der Waals surface area contributed by atoms with E-state index in [1.807, 2.05) is 6.07 Å². The summed E-state index contributed by atoms with van der Waals surface area (Å²) in [6.07, 6.45) is 5.49. The summed E-state index contributed by atoms with van der Waals surface area (Å²) in [5.74, 6) is 2.50. The van der Waals surface area contributed by atoms with Crippen LogP contribution in [0.2, 0.25) is 0 Å². The fourth-order valence-corrected chi connectivity index (χ4v) is 2.16. The molecule has 0 unspecified atom stereocenters. The number of hydrogen-bond acceptors (Lipinski definition) is 3. The lowest BCUT2D eigenvalue weighted by Crippen LogP contribution is -2.28. The number of terminal acetylenes is 1. The third kappa shape index (κ3) is 3.41. The van der Waals surface area contributed by atoms with Crippen LogP contribution >= 0.6 is 11.6 Å². The maximum Gasteiger partial charge on any atom is 0.275 e. The fourth-order valence-electron chi connectivity index (χ4n) is 1.99. The third-order valence-electron chi connectivity index (χ3n) is 2.96. The number of rotatable bonds is 5. The lowest BCUT2D eigenvalue weighted by molar-refractivity contribution is -0.120. The van der Waals surface area contributed by atoms with E-state index in [1.54, 1.807) is 18.2 Å². The van der Waals surface area contributed by atoms with Gasteiger partial charge in [-0.05, 0) is 6.07 Å². The van der Waals surface area contributed by atoms with Crippen LogP contribution in [-0.2, 0) is 17.9 Å². The minimum Gasteiger partial charge on any atom is -0.350 e. The minimum atomic E-state index is -0.237. The molecule has 1 aromatic heterocycles. The highest BCUT2D eigenvalue weighted by Gasteiger charge is 2.10. The molecule has 1 amide bonds. The smallest absolute Gasteiger partial charge is 0.275 e. The van der Waals surface area contributed by atoms with E-state index >= 15 is 0 Å². The Morgan fingerprint density at radius 2 is 2.10 bits per heavy atom. The molecule has 21 heavy (non-hydrogen) atoms. The Hall–Kier alpha value is -2.32. The highest BCUT2D eigenvalue weighted by Crippen LogP contribution is 2.13. The standard InChI is InChI=1S/C15H14ClN3O2/c1-2-9-19-15(21)12-6-4-3-5-11(12)13(18-19)10-17-14(20)7-8-16/h1,3-6H,7-10H2,(H,17,20). The SMILES string of the molecule is C#CCn1nc(CNC(=O)CCCl)c2ccccc2c1=O. The van der Waals surface area contributed by atoms with Gasteiger partial charge in [-0.25, -0.2) is 4.68 Å². The van der Waals surface area contributed by atoms with E-state index in [0.29, 0.717) is 16.5 Å². The molecule has 0 spiro atoms. The maximum atomic E-state index is 12.2. The van der Waals surface area contributed by atoms with Gasteiger partial charge in [-0.1, -0.05) is 24.1 Å². The lowest BCUT2D eigenvalue weighted by Gasteiger charge is -2.10. The van der Waals surface area contributed by atoms with Gasteiger partial charge in [0.2, 0.25) is 5.91 Å². The topological polar surface area (TPSA) is 64.0 Å². The van der Waals surface area contributed by atoms with Crippen LogP contribution in [0.25, 0.3) is 10.8 Å². The van der Waals surface area contributed by atoms with Crippen molar-refractivity contribution in [1.82, 2.24) is 15.1 Å². The molecule has 0 aliphatic rings. The summed E-state index contributed by atoms with van der Waals surface area (Å²) in [7, 11) is 0. The number of fused-ring (bicyclic) bond motifs is 1. The van der Waals surface area contributed by atoms with E-state index in [2.05, 4.69) is 16.3 Å². The van der Waals surface area contributed by atoms with Crippen LogP contribution in [0.15, 0.2) is 29.1 Å². The van der Waals surface area contributed by atoms with Gasteiger partial charge in [-0.2, -0.15) is 5.10 Å². The number of benzene rings is 1. The zero-order valence-corrected chi connectivity index (χ0v) is 12.1. The first-order chi connectivity index (χ1) is 10.2. The zero-order valence-electron chi connectivity index (χ0n) is 11.3. The summed E-state index contributed by atoms with van der Waals surface area (Å²) in [5.41, 5.74) is 0.364. The van der Waals surface area contributed by atoms with E-state index < -0.39 is 0 Å². The van der Waals surface area contributed by atoms with Crippen LogP contribution < -0.4 is 10.9 Å². The number of carbonyl (C=O) groups excluding carboxylic acids is 1. The number of nitrogens with one attached hydrogen (secondary N) is 1. The van der Waals surface area contributed by atoms with E-state index in [4.69, 9.17) is 18.0 Å². The van der Waals surface area contributed by atoms with E-state index in [1.165, 1.54) is 4.68 Å². The second kappa shape index (κ2) is 6.91. The molecule has 0 saturated heterocycles. The average Bonchev–Trinajstić information content (AvgIpc) is 2.49. The molecule has 0 fully saturated rings. The van der Waals surface area contributed by atoms with Crippen molar-refractivity contribution in [2.75, 3.05) is 5.88 Å². The highest BCUT2D eigenvalue weighted by atomic mass is 35.5. The molecule has 2 rings (SSSR count). The number of halogens is 1. The van der Waals surface area contributed by atoms with E-state index in [0.717, 1.165) is 0 Å². The monoisotopic (exact) mass is 303 g/mol. The summed E-state index contributed by atoms with van der Waals surface area (Å²) in [5, 5.41) is 8.21. The molecule has 0 radical (unpaired) electrons. The number of nitrogens with zero attached hydrogens (tertiary/aromatic N) is 2. The van der Waals surface area contributed by atoms with Gasteiger partial charge in [0.25, 0.3) is 5.56 Å². The van der Waals surface area contributed by atoms with Gasteiger partial charge in [-0.15, -0.1) is 18.0 Å². The molecule has 108 valence electrons. The second-order valence-corrected chi connectivity index (χ2v) is 4.75. The summed E-state index contributed by atoms with van der Waals surface area (Å²) in [4.78, 5) is 23.7. The van der Waals surface area contributed by atoms with E-state index in [9.17, 15) is 9.59 Å². The number of aromatic nitrogens is 2. The maximum absolute atomic E-state index is 12.2. The Bertz CT molecular complexity index is 762. The van der Waals surface area contributed by atoms with Crippen LogP contribution in [-0.4, -0.2) is 21.6 Å². The molecule has 0 saturated carbocycles. The number of hydrogen-bond donors (Lipinski definition) is 1. The summed E-state index contributed by atoms with van der Waals surface area (Å²) < 4.78 is 1.23. The molecule has 2 aromatic rings. The van der Waals surface area contributed by atoms with Gasteiger partial charge in [0.1, 0.15) is 6.54 Å². The first-order valence-electron chi connectivity index (χ1n) is 6.42. The number of carbonyl (C=O) groups is 1. The second-order valence-electron chi connectivity index (χ2n) is 4.37. The van der Waals surface area contributed by atoms with E-state index in [-0.39, 0.29) is 36.9 Å². The van der Waals surface area contributed by atoms with Crippen molar-refractivity contribution in [3.05, 3.63) is 40.3 Å². The molecule has 1 heterocycles. The Labute approximate surface area is 126 Å². The van der Waals surface area contributed by atoms with Crippen LogP contribution in [0, 0.1) is 12.3 Å². The molecule has 1 aromatic carbocycles. The third-order valence-corrected chi connectivity index (χ3v) is 3.15. The van der Waals surface area contributed by atoms with Crippen molar-refractivity contribution in [3.63, 3.8) is 0 Å². The molecular weight excluding hydrogens is 290 g/mol. The van der Waals surface area contributed by atoms with Gasteiger partial charge < -0.3 is 5.32 Å². The average molecular weight is 304 g/mol. The quantitative estimate of drug-likeness (QED) is 0.668. The minimum absolute atomic E-state index is 0.0896. The number of alkyl halides is 1. The first kappa shape index (κ1) is 15.1. The Kier molecular flexibility index (Phi) is 4.96. The largest absolute Gasteiger partial charge is 0.350 e. The first-order valence-corrected chi connectivity index (χ1v) is 6.95. The van der Waals surface area contributed by atoms with Crippen molar-refractivity contribution in [2.24, 2.45) is 0 Å². The van der Waals surface area contributed by atoms with Crippen LogP contribution in [0.4, 0.5) is 0 Å². The van der Waals surface area contributed by atoms with Gasteiger partial charge in [0.05, 0.1) is 17.6 Å². The molecule has 1 N–H and O–H groups in total. The van der Waals surface area contributed by atoms with Gasteiger partial charge in [0.15, 0.2) is 0 Å². The summed E-state index contributed by atoms with van der Waals surface area (Å²) in [6.45, 7) is 0.313. The predicted octanol–water partition coefficient (Wildman–Crippen LogP) is 1.27. The van der Waals surface area contributed by atoms with Crippen molar-refractivity contribution in [2.45, 2.75) is 19.5 Å². The lowest BCUT2D eigenvalue weighted by atomic mass is 10.1. The molecule has 6 heteroatoms. The van der Waals surface area contributed by atoms with Gasteiger partial charge in [0, 0.05) is 17.7 Å². The Morgan fingerprint density at radius 1 is 1.38 bits per heavy atom. The fraction of sp³-hybridized carbons (Fsp3) is 0.267. The Morgan fingerprint density at radius 3 is 2.76 bits per heavy atom. The normalized spacial score (nSPS) is 10.3. The van der Waals surface area contributed by atoms with Gasteiger partial charge >= 0.3 is 0 Å². The predicted molar refractivity (Wildman–Crippen MR) is 82.0 cm³/mol.